The van der Waals surface area contributed by atoms with E-state index in [2.05, 4.69) is 0 Å². The highest BCUT2D eigenvalue weighted by Crippen LogP contribution is 2.37. The predicted octanol–water partition coefficient (Wildman–Crippen LogP) is 2.18. The summed E-state index contributed by atoms with van der Waals surface area (Å²) in [5.74, 6) is -0.216. The molecule has 1 aromatic carbocycles. The first kappa shape index (κ1) is 15.0. The first-order valence-corrected chi connectivity index (χ1v) is 6.77. The van der Waals surface area contributed by atoms with Gasteiger partial charge in [-0.3, -0.25) is 4.79 Å². The molecule has 0 unspecified atom stereocenters. The topological polar surface area (TPSA) is 95.2 Å². The molecule has 0 saturated heterocycles. The van der Waals surface area contributed by atoms with Crippen molar-refractivity contribution < 1.29 is 28.5 Å². The molecule has 0 spiro atoms. The van der Waals surface area contributed by atoms with Gasteiger partial charge in [0.1, 0.15) is 12.4 Å². The van der Waals surface area contributed by atoms with Gasteiger partial charge < -0.3 is 23.7 Å². The number of hydrogen-bond donors (Lipinski definition) is 1. The van der Waals surface area contributed by atoms with Gasteiger partial charge in [-0.05, 0) is 13.0 Å². The van der Waals surface area contributed by atoms with Gasteiger partial charge in [0.15, 0.2) is 11.3 Å². The van der Waals surface area contributed by atoms with Crippen LogP contribution in [0.25, 0.3) is 17.0 Å². The molecule has 23 heavy (non-hydrogen) atoms. The van der Waals surface area contributed by atoms with Crippen LogP contribution < -0.4 is 10.2 Å². The van der Waals surface area contributed by atoms with Crippen LogP contribution in [0, 0.1) is 0 Å². The van der Waals surface area contributed by atoms with Crippen LogP contribution in [0.4, 0.5) is 0 Å². The number of allylic oxidation sites excluding steroid dienone is 1. The molecule has 1 N–H and O–H groups in total. The molecule has 0 bridgehead atoms. The molecule has 0 amide bonds. The van der Waals surface area contributed by atoms with E-state index in [1.807, 2.05) is 0 Å². The van der Waals surface area contributed by atoms with Crippen LogP contribution in [0.15, 0.2) is 21.0 Å². The molecule has 7 nitrogen and oxygen atoms in total. The van der Waals surface area contributed by atoms with Crippen molar-refractivity contribution in [3.8, 4) is 11.5 Å². The maximum absolute atomic E-state index is 12.7. The van der Waals surface area contributed by atoms with Crippen molar-refractivity contribution in [2.24, 2.45) is 0 Å². The standard InChI is InChI=1S/C16H14O7/c1-7-4-10-9(6-22-7)13(17)12-8(16(19)21-3)5-11(20-2)14(18)15(12)23-10/h4-5,18H,6H2,1-3H3. The summed E-state index contributed by atoms with van der Waals surface area (Å²) >= 11 is 0. The van der Waals surface area contributed by atoms with Gasteiger partial charge >= 0.3 is 5.97 Å². The first-order chi connectivity index (χ1) is 11.0. The summed E-state index contributed by atoms with van der Waals surface area (Å²) in [7, 11) is 2.53. The lowest BCUT2D eigenvalue weighted by atomic mass is 10.0. The van der Waals surface area contributed by atoms with Crippen LogP contribution in [0.3, 0.4) is 0 Å². The molecule has 120 valence electrons. The molecule has 3 rings (SSSR count). The van der Waals surface area contributed by atoms with Gasteiger partial charge in [-0.25, -0.2) is 4.79 Å². The summed E-state index contributed by atoms with van der Waals surface area (Å²) in [6.45, 7) is 1.75. The Morgan fingerprint density at radius 1 is 1.35 bits per heavy atom. The molecule has 0 saturated carbocycles. The van der Waals surface area contributed by atoms with E-state index >= 15 is 0 Å². The third kappa shape index (κ3) is 2.21. The minimum absolute atomic E-state index is 0.00811. The third-order valence-corrected chi connectivity index (χ3v) is 3.63. The van der Waals surface area contributed by atoms with Gasteiger partial charge in [-0.1, -0.05) is 0 Å². The van der Waals surface area contributed by atoms with Crippen molar-refractivity contribution in [3.05, 3.63) is 38.9 Å². The van der Waals surface area contributed by atoms with E-state index in [1.54, 1.807) is 13.0 Å². The highest BCUT2D eigenvalue weighted by molar-refractivity contribution is 6.06. The number of ether oxygens (including phenoxy) is 3. The zero-order chi connectivity index (χ0) is 16.7. The minimum Gasteiger partial charge on any atom is -0.502 e. The summed E-state index contributed by atoms with van der Waals surface area (Å²) in [5.41, 5.74) is -0.347. The molecule has 1 aliphatic heterocycles. The number of carbonyl (C=O) groups excluding carboxylic acids is 1. The van der Waals surface area contributed by atoms with Gasteiger partial charge in [0.05, 0.1) is 36.5 Å². The van der Waals surface area contributed by atoms with E-state index in [9.17, 15) is 14.7 Å². The number of phenolic OH excluding ortho intramolecular Hbond substituents is 1. The van der Waals surface area contributed by atoms with Crippen LogP contribution in [0.2, 0.25) is 0 Å². The average Bonchev–Trinajstić information content (AvgIpc) is 2.55. The van der Waals surface area contributed by atoms with Crippen molar-refractivity contribution in [1.29, 1.82) is 0 Å². The van der Waals surface area contributed by atoms with Crippen LogP contribution in [0.5, 0.6) is 11.5 Å². The maximum atomic E-state index is 12.7. The Kier molecular flexibility index (Phi) is 3.48. The smallest absolute Gasteiger partial charge is 0.338 e. The van der Waals surface area contributed by atoms with Gasteiger partial charge in [0, 0.05) is 6.08 Å². The number of fused-ring (bicyclic) bond motifs is 2. The van der Waals surface area contributed by atoms with Crippen molar-refractivity contribution in [2.45, 2.75) is 13.5 Å². The molecule has 1 aromatic heterocycles. The van der Waals surface area contributed by atoms with Crippen LogP contribution >= 0.6 is 0 Å². The van der Waals surface area contributed by atoms with E-state index < -0.39 is 11.4 Å². The van der Waals surface area contributed by atoms with Gasteiger partial charge in [0.25, 0.3) is 0 Å². The normalized spacial score (nSPS) is 13.1. The Balaban J connectivity index is 2.49. The summed E-state index contributed by atoms with van der Waals surface area (Å²) in [5, 5.41) is 10.2. The van der Waals surface area contributed by atoms with Gasteiger partial charge in [-0.2, -0.15) is 0 Å². The Labute approximate surface area is 130 Å². The Morgan fingerprint density at radius 3 is 2.74 bits per heavy atom. The van der Waals surface area contributed by atoms with Gasteiger partial charge in [-0.15, -0.1) is 0 Å². The molecule has 0 aliphatic carbocycles. The number of hydrogen-bond acceptors (Lipinski definition) is 7. The second kappa shape index (κ2) is 5.35. The number of benzene rings is 1. The van der Waals surface area contributed by atoms with Crippen molar-refractivity contribution in [1.82, 2.24) is 0 Å². The van der Waals surface area contributed by atoms with Crippen molar-refractivity contribution in [3.63, 3.8) is 0 Å². The number of esters is 1. The first-order valence-electron chi connectivity index (χ1n) is 6.77. The predicted molar refractivity (Wildman–Crippen MR) is 80.5 cm³/mol. The fourth-order valence-electron chi connectivity index (χ4n) is 2.48. The fourth-order valence-corrected chi connectivity index (χ4v) is 2.48. The van der Waals surface area contributed by atoms with Crippen molar-refractivity contribution >= 4 is 23.0 Å². The number of phenols is 1. The fraction of sp³-hybridized carbons (Fsp3) is 0.250. The van der Waals surface area contributed by atoms with E-state index in [-0.39, 0.29) is 46.0 Å². The quantitative estimate of drug-likeness (QED) is 0.848. The van der Waals surface area contributed by atoms with Gasteiger partial charge in [0.2, 0.25) is 11.2 Å². The lowest BCUT2D eigenvalue weighted by molar-refractivity contribution is 0.0602. The van der Waals surface area contributed by atoms with Crippen LogP contribution in [-0.2, 0) is 16.1 Å². The van der Waals surface area contributed by atoms with Crippen LogP contribution in [0.1, 0.15) is 28.6 Å². The Hall–Kier alpha value is -2.96. The highest BCUT2D eigenvalue weighted by atomic mass is 16.5. The molecule has 7 heteroatoms. The molecular formula is C16H14O7. The second-order valence-electron chi connectivity index (χ2n) is 4.99. The summed E-state index contributed by atoms with van der Waals surface area (Å²) in [4.78, 5) is 24.7. The Bertz CT molecular complexity index is 905. The molecule has 2 heterocycles. The van der Waals surface area contributed by atoms with E-state index in [0.29, 0.717) is 5.76 Å². The van der Waals surface area contributed by atoms with E-state index in [4.69, 9.17) is 18.6 Å². The van der Waals surface area contributed by atoms with E-state index in [1.165, 1.54) is 20.3 Å². The summed E-state index contributed by atoms with van der Waals surface area (Å²) in [6.07, 6.45) is 1.55. The molecule has 0 atom stereocenters. The van der Waals surface area contributed by atoms with Crippen LogP contribution in [-0.4, -0.2) is 25.3 Å². The number of aromatic hydroxyl groups is 1. The summed E-state index contributed by atoms with van der Waals surface area (Å²) < 4.78 is 20.7. The average molecular weight is 318 g/mol. The highest BCUT2D eigenvalue weighted by Gasteiger charge is 2.26. The Morgan fingerprint density at radius 2 is 2.09 bits per heavy atom. The lowest BCUT2D eigenvalue weighted by Gasteiger charge is -2.16. The molecule has 2 aromatic rings. The summed E-state index contributed by atoms with van der Waals surface area (Å²) in [6, 6.07) is 1.25. The monoisotopic (exact) mass is 318 g/mol. The van der Waals surface area contributed by atoms with Crippen molar-refractivity contribution in [2.75, 3.05) is 14.2 Å². The molecular weight excluding hydrogens is 304 g/mol. The largest absolute Gasteiger partial charge is 0.502 e. The molecule has 1 aliphatic rings. The number of methoxy groups -OCH3 is 2. The second-order valence-corrected chi connectivity index (χ2v) is 4.99. The number of carbonyl (C=O) groups is 1. The molecule has 0 radical (unpaired) electrons. The maximum Gasteiger partial charge on any atom is 0.338 e. The zero-order valence-corrected chi connectivity index (χ0v) is 12.8. The molecule has 0 fully saturated rings. The minimum atomic E-state index is -0.732. The SMILES string of the molecule is COC(=O)c1cc(OC)c(O)c2oc3c(c(=O)c12)COC(C)=C3. The number of rotatable bonds is 2. The van der Waals surface area contributed by atoms with E-state index in [0.717, 1.165) is 0 Å². The third-order valence-electron chi connectivity index (χ3n) is 3.63. The lowest BCUT2D eigenvalue weighted by Crippen LogP contribution is -2.18. The zero-order valence-electron chi connectivity index (χ0n) is 12.8.